The van der Waals surface area contributed by atoms with Crippen LogP contribution in [0, 0.1) is 22.7 Å². The van der Waals surface area contributed by atoms with Crippen LogP contribution in [-0.2, 0) is 0 Å². The van der Waals surface area contributed by atoms with Gasteiger partial charge in [0.1, 0.15) is 0 Å². The Labute approximate surface area is 121 Å². The molecule has 0 spiro atoms. The highest BCUT2D eigenvalue weighted by Gasteiger charge is 2.46. The molecule has 2 saturated carbocycles. The standard InChI is InChI=1S/C19H36/c1-5-18(13-9-7-11-16(18)3)15-19(6-2)14-10-8-12-17(19)4/h16-17H,5-15H2,1-4H3. The van der Waals surface area contributed by atoms with Crippen molar-refractivity contribution in [2.45, 2.75) is 98.3 Å². The Morgan fingerprint density at radius 2 is 1.16 bits per heavy atom. The zero-order valence-electron chi connectivity index (χ0n) is 13.9. The van der Waals surface area contributed by atoms with Gasteiger partial charge in [-0.05, 0) is 41.9 Å². The normalized spacial score (nSPS) is 44.2. The van der Waals surface area contributed by atoms with E-state index in [2.05, 4.69) is 27.7 Å². The van der Waals surface area contributed by atoms with E-state index in [1.165, 1.54) is 70.6 Å². The Morgan fingerprint density at radius 1 is 0.737 bits per heavy atom. The van der Waals surface area contributed by atoms with Gasteiger partial charge in [-0.25, -0.2) is 0 Å². The Morgan fingerprint density at radius 3 is 1.47 bits per heavy atom. The van der Waals surface area contributed by atoms with Crippen LogP contribution < -0.4 is 0 Å². The molecule has 0 heteroatoms. The summed E-state index contributed by atoms with van der Waals surface area (Å²) < 4.78 is 0. The van der Waals surface area contributed by atoms with Crippen LogP contribution in [-0.4, -0.2) is 0 Å². The second-order valence-electron chi connectivity index (χ2n) is 7.90. The average Bonchev–Trinajstić information content (AvgIpc) is 2.44. The Kier molecular flexibility index (Phi) is 5.01. The predicted octanol–water partition coefficient (Wildman–Crippen LogP) is 6.59. The lowest BCUT2D eigenvalue weighted by Crippen LogP contribution is -2.42. The van der Waals surface area contributed by atoms with E-state index in [0.29, 0.717) is 10.8 Å². The van der Waals surface area contributed by atoms with Crippen LogP contribution in [0.2, 0.25) is 0 Å². The molecule has 2 aliphatic rings. The van der Waals surface area contributed by atoms with Crippen LogP contribution in [0.25, 0.3) is 0 Å². The van der Waals surface area contributed by atoms with E-state index in [1.54, 1.807) is 0 Å². The SMILES string of the molecule is CCC1(CC2(CC)CCCCC2C)CCCCC1C. The van der Waals surface area contributed by atoms with Crippen LogP contribution in [0.5, 0.6) is 0 Å². The maximum atomic E-state index is 2.56. The van der Waals surface area contributed by atoms with Crippen molar-refractivity contribution < 1.29 is 0 Å². The van der Waals surface area contributed by atoms with Crippen molar-refractivity contribution in [3.63, 3.8) is 0 Å². The third kappa shape index (κ3) is 2.88. The summed E-state index contributed by atoms with van der Waals surface area (Å²) >= 11 is 0. The van der Waals surface area contributed by atoms with E-state index in [-0.39, 0.29) is 0 Å². The first kappa shape index (κ1) is 15.4. The molecule has 0 nitrogen and oxygen atoms in total. The van der Waals surface area contributed by atoms with E-state index in [9.17, 15) is 0 Å². The molecular weight excluding hydrogens is 228 g/mol. The molecule has 4 atom stereocenters. The van der Waals surface area contributed by atoms with Gasteiger partial charge in [0, 0.05) is 0 Å². The van der Waals surface area contributed by atoms with Crippen LogP contribution >= 0.6 is 0 Å². The molecule has 0 bridgehead atoms. The summed E-state index contributed by atoms with van der Waals surface area (Å²) in [6.45, 7) is 10.1. The maximum absolute atomic E-state index is 2.56. The quantitative estimate of drug-likeness (QED) is 0.537. The summed E-state index contributed by atoms with van der Waals surface area (Å²) in [7, 11) is 0. The van der Waals surface area contributed by atoms with Crippen molar-refractivity contribution in [2.75, 3.05) is 0 Å². The smallest absolute Gasteiger partial charge is 0.0269 e. The average molecular weight is 264 g/mol. The van der Waals surface area contributed by atoms with Gasteiger partial charge in [0.05, 0.1) is 0 Å². The van der Waals surface area contributed by atoms with Gasteiger partial charge in [0.15, 0.2) is 0 Å². The molecule has 2 aliphatic carbocycles. The number of hydrogen-bond acceptors (Lipinski definition) is 0. The topological polar surface area (TPSA) is 0 Å². The molecule has 19 heavy (non-hydrogen) atoms. The summed E-state index contributed by atoms with van der Waals surface area (Å²) in [5.74, 6) is 1.92. The molecule has 0 heterocycles. The van der Waals surface area contributed by atoms with E-state index < -0.39 is 0 Å². The molecule has 0 aliphatic heterocycles. The van der Waals surface area contributed by atoms with Gasteiger partial charge in [-0.15, -0.1) is 0 Å². The number of hydrogen-bond donors (Lipinski definition) is 0. The fraction of sp³-hybridized carbons (Fsp3) is 1.00. The Bertz CT molecular complexity index is 254. The zero-order valence-corrected chi connectivity index (χ0v) is 13.9. The van der Waals surface area contributed by atoms with Crippen molar-refractivity contribution >= 4 is 0 Å². The van der Waals surface area contributed by atoms with Crippen molar-refractivity contribution in [1.29, 1.82) is 0 Å². The first-order valence-corrected chi connectivity index (χ1v) is 9.08. The van der Waals surface area contributed by atoms with Crippen LogP contribution in [0.3, 0.4) is 0 Å². The Hall–Kier alpha value is 0. The predicted molar refractivity (Wildman–Crippen MR) is 85.3 cm³/mol. The fourth-order valence-electron chi connectivity index (χ4n) is 5.49. The largest absolute Gasteiger partial charge is 0.0648 e. The minimum atomic E-state index is 0.680. The van der Waals surface area contributed by atoms with Crippen molar-refractivity contribution in [1.82, 2.24) is 0 Å². The third-order valence-electron chi connectivity index (χ3n) is 7.33. The molecule has 4 unspecified atom stereocenters. The molecule has 0 aromatic carbocycles. The third-order valence-corrected chi connectivity index (χ3v) is 7.33. The van der Waals surface area contributed by atoms with Crippen LogP contribution in [0.15, 0.2) is 0 Å². The zero-order chi connectivity index (χ0) is 13.9. The van der Waals surface area contributed by atoms with Gasteiger partial charge in [-0.2, -0.15) is 0 Å². The van der Waals surface area contributed by atoms with Crippen LogP contribution in [0.4, 0.5) is 0 Å². The molecule has 0 aromatic heterocycles. The lowest BCUT2D eigenvalue weighted by atomic mass is 9.53. The van der Waals surface area contributed by atoms with Gasteiger partial charge in [0.2, 0.25) is 0 Å². The monoisotopic (exact) mass is 264 g/mol. The van der Waals surface area contributed by atoms with Gasteiger partial charge in [-0.3, -0.25) is 0 Å². The summed E-state index contributed by atoms with van der Waals surface area (Å²) in [5, 5.41) is 0. The van der Waals surface area contributed by atoms with Gasteiger partial charge in [0.25, 0.3) is 0 Å². The minimum absolute atomic E-state index is 0.680. The van der Waals surface area contributed by atoms with Crippen molar-refractivity contribution in [3.05, 3.63) is 0 Å². The molecule has 0 N–H and O–H groups in total. The number of rotatable bonds is 4. The maximum Gasteiger partial charge on any atom is -0.0269 e. The first-order valence-electron chi connectivity index (χ1n) is 9.08. The molecule has 0 aromatic rings. The molecule has 0 amide bonds. The fourth-order valence-corrected chi connectivity index (χ4v) is 5.49. The second kappa shape index (κ2) is 6.19. The molecule has 2 rings (SSSR count). The summed E-state index contributed by atoms with van der Waals surface area (Å²) in [5.41, 5.74) is 1.36. The van der Waals surface area contributed by atoms with Crippen LogP contribution in [0.1, 0.15) is 98.3 Å². The highest BCUT2D eigenvalue weighted by Crippen LogP contribution is 2.57. The van der Waals surface area contributed by atoms with E-state index in [1.807, 2.05) is 0 Å². The molecule has 0 radical (unpaired) electrons. The molecule has 2 fully saturated rings. The van der Waals surface area contributed by atoms with Gasteiger partial charge >= 0.3 is 0 Å². The highest BCUT2D eigenvalue weighted by molar-refractivity contribution is 4.96. The van der Waals surface area contributed by atoms with Gasteiger partial charge < -0.3 is 0 Å². The molecule has 112 valence electrons. The second-order valence-corrected chi connectivity index (χ2v) is 7.90. The summed E-state index contributed by atoms with van der Waals surface area (Å²) in [6.07, 6.45) is 16.3. The van der Waals surface area contributed by atoms with Crippen molar-refractivity contribution in [3.8, 4) is 0 Å². The summed E-state index contributed by atoms with van der Waals surface area (Å²) in [4.78, 5) is 0. The van der Waals surface area contributed by atoms with E-state index in [4.69, 9.17) is 0 Å². The minimum Gasteiger partial charge on any atom is -0.0648 e. The van der Waals surface area contributed by atoms with Crippen molar-refractivity contribution in [2.24, 2.45) is 22.7 Å². The lowest BCUT2D eigenvalue weighted by Gasteiger charge is -2.52. The first-order chi connectivity index (χ1) is 9.08. The molecule has 0 saturated heterocycles. The van der Waals surface area contributed by atoms with E-state index >= 15 is 0 Å². The van der Waals surface area contributed by atoms with E-state index in [0.717, 1.165) is 11.8 Å². The highest BCUT2D eigenvalue weighted by atomic mass is 14.5. The molecular formula is C19H36. The summed E-state index contributed by atoms with van der Waals surface area (Å²) in [6, 6.07) is 0. The van der Waals surface area contributed by atoms with Gasteiger partial charge in [-0.1, -0.05) is 79.1 Å². The lowest BCUT2D eigenvalue weighted by molar-refractivity contribution is -0.0178. The Balaban J connectivity index is 2.19.